The van der Waals surface area contributed by atoms with E-state index in [0.29, 0.717) is 10.9 Å². The number of rotatable bonds is 10. The lowest BCUT2D eigenvalue weighted by atomic mass is 10.0. The number of aryl methyl sites for hydroxylation is 2. The molecule has 8 nitrogen and oxygen atoms in total. The molecule has 1 saturated heterocycles. The van der Waals surface area contributed by atoms with Crippen LogP contribution in [0.4, 0.5) is 10.3 Å². The minimum atomic E-state index is -0.569. The second-order valence-corrected chi connectivity index (χ2v) is 9.67. The predicted octanol–water partition coefficient (Wildman–Crippen LogP) is 4.91. The fourth-order valence-corrected chi connectivity index (χ4v) is 4.94. The summed E-state index contributed by atoms with van der Waals surface area (Å²) in [5.74, 6) is 1.52. The quantitative estimate of drug-likeness (QED) is 0.203. The van der Waals surface area contributed by atoms with Crippen LogP contribution in [-0.2, 0) is 9.74 Å². The number of carbonyl (C=O) groups is 1. The van der Waals surface area contributed by atoms with Crippen LogP contribution in [0.15, 0.2) is 28.7 Å². The first-order valence-corrected chi connectivity index (χ1v) is 12.8. The molecule has 3 heterocycles. The van der Waals surface area contributed by atoms with Crippen molar-refractivity contribution in [2.24, 2.45) is 4.99 Å². The van der Waals surface area contributed by atoms with Crippen LogP contribution in [0.1, 0.15) is 53.4 Å². The number of thiazole rings is 1. The molecule has 0 aliphatic carbocycles. The van der Waals surface area contributed by atoms with Gasteiger partial charge in [-0.15, -0.1) is 23.1 Å². The molecule has 0 spiro atoms. The highest BCUT2D eigenvalue weighted by Crippen LogP contribution is 2.31. The number of likely N-dealkylation sites (tertiary alicyclic amines) is 1. The zero-order valence-corrected chi connectivity index (χ0v) is 21.4. The van der Waals surface area contributed by atoms with E-state index in [4.69, 9.17) is 0 Å². The summed E-state index contributed by atoms with van der Waals surface area (Å²) >= 11 is 3.02. The molecule has 1 aliphatic heterocycles. The Hall–Kier alpha value is -2.34. The number of piperidine rings is 1. The van der Waals surface area contributed by atoms with Gasteiger partial charge < -0.3 is 15.3 Å². The van der Waals surface area contributed by atoms with E-state index in [1.54, 1.807) is 23.6 Å². The normalized spacial score (nSPS) is 16.9. The van der Waals surface area contributed by atoms with E-state index in [2.05, 4.69) is 31.9 Å². The average Bonchev–Trinajstić information content (AvgIpc) is 3.23. The van der Waals surface area contributed by atoms with Crippen molar-refractivity contribution in [1.82, 2.24) is 14.9 Å². The van der Waals surface area contributed by atoms with Crippen LogP contribution in [0.25, 0.3) is 5.70 Å². The van der Waals surface area contributed by atoms with Crippen molar-refractivity contribution >= 4 is 47.7 Å². The van der Waals surface area contributed by atoms with Crippen LogP contribution in [0.3, 0.4) is 0 Å². The highest BCUT2D eigenvalue weighted by molar-refractivity contribution is 8.02. The standard InChI is InChI=1S/C16H20N4OS2.C7H12FNO2/c1-10-5-6-14(18-7-10)19-9-22-8-13(17-4)15-11(2)20-16(23-15)12(3)21;8-11-5-7-3-1-2-4-9(7)6-10/h5-8,12,21H,4,9H2,1-3H3,(H,18,19);6-7H,1-5H2/b13-8-;. The monoisotopic (exact) mass is 509 g/mol. The molecule has 2 aromatic heterocycles. The van der Waals surface area contributed by atoms with Gasteiger partial charge in [0.2, 0.25) is 6.41 Å². The Kier molecular flexibility index (Phi) is 12.2. The summed E-state index contributed by atoms with van der Waals surface area (Å²) < 4.78 is 11.4. The molecular formula is C23H32FN5O3S2. The van der Waals surface area contributed by atoms with Crippen LogP contribution < -0.4 is 5.32 Å². The number of halogens is 1. The molecule has 1 fully saturated rings. The number of aliphatic hydroxyl groups is 1. The molecule has 1 amide bonds. The molecule has 0 aromatic carbocycles. The molecule has 0 radical (unpaired) electrons. The zero-order chi connectivity index (χ0) is 24.9. The second-order valence-electron chi connectivity index (χ2n) is 7.78. The third kappa shape index (κ3) is 8.79. The van der Waals surface area contributed by atoms with Crippen molar-refractivity contribution in [3.05, 3.63) is 44.9 Å². The number of hydrogen-bond acceptors (Lipinski definition) is 9. The smallest absolute Gasteiger partial charge is 0.210 e. The summed E-state index contributed by atoms with van der Waals surface area (Å²) in [5, 5.41) is 15.5. The molecule has 2 atom stereocenters. The topological polar surface area (TPSA) is 99.9 Å². The number of thioether (sulfide) groups is 1. The van der Waals surface area contributed by atoms with E-state index in [1.807, 2.05) is 37.6 Å². The van der Waals surface area contributed by atoms with E-state index in [9.17, 15) is 14.4 Å². The summed E-state index contributed by atoms with van der Waals surface area (Å²) in [7, 11) is 0. The summed E-state index contributed by atoms with van der Waals surface area (Å²) in [5.41, 5.74) is 2.77. The summed E-state index contributed by atoms with van der Waals surface area (Å²) in [6, 6.07) is 3.92. The van der Waals surface area contributed by atoms with Crippen molar-refractivity contribution < 1.29 is 19.4 Å². The second kappa shape index (κ2) is 14.8. The first kappa shape index (κ1) is 27.9. The van der Waals surface area contributed by atoms with E-state index < -0.39 is 6.10 Å². The number of amides is 1. The van der Waals surface area contributed by atoms with Gasteiger partial charge in [0.1, 0.15) is 23.5 Å². The largest absolute Gasteiger partial charge is 0.386 e. The van der Waals surface area contributed by atoms with E-state index >= 15 is 0 Å². The first-order valence-electron chi connectivity index (χ1n) is 10.9. The van der Waals surface area contributed by atoms with E-state index in [1.165, 1.54) is 11.3 Å². The molecule has 186 valence electrons. The van der Waals surface area contributed by atoms with Gasteiger partial charge in [-0.3, -0.25) is 9.79 Å². The van der Waals surface area contributed by atoms with Gasteiger partial charge in [-0.2, -0.15) is 4.94 Å². The number of carbonyl (C=O) groups excluding carboxylic acids is 1. The minimum absolute atomic E-state index is 0.0126. The fourth-order valence-electron chi connectivity index (χ4n) is 3.22. The first-order chi connectivity index (χ1) is 16.4. The summed E-state index contributed by atoms with van der Waals surface area (Å²) in [4.78, 5) is 29.2. The zero-order valence-electron chi connectivity index (χ0n) is 19.7. The number of pyridine rings is 1. The van der Waals surface area contributed by atoms with Gasteiger partial charge in [-0.1, -0.05) is 6.07 Å². The number of hydrogen-bond donors (Lipinski definition) is 2. The molecule has 2 unspecified atom stereocenters. The Morgan fingerprint density at radius 1 is 1.50 bits per heavy atom. The molecule has 1 aliphatic rings. The molecule has 0 saturated carbocycles. The van der Waals surface area contributed by atoms with Gasteiger partial charge >= 0.3 is 0 Å². The van der Waals surface area contributed by atoms with E-state index in [0.717, 1.165) is 59.9 Å². The number of nitrogens with one attached hydrogen (secondary N) is 1. The molecular weight excluding hydrogens is 477 g/mol. The number of anilines is 1. The maximum absolute atomic E-state index is 11.4. The van der Waals surface area contributed by atoms with Crippen LogP contribution in [0.5, 0.6) is 0 Å². The van der Waals surface area contributed by atoms with Crippen LogP contribution in [0, 0.1) is 13.8 Å². The molecule has 2 aromatic rings. The molecule has 11 heteroatoms. The SMILES string of the molecule is C=N/C(=C\SCNc1ccc(C)cn1)c1sc(C(C)O)nc1C.O=CN1CCCCC1COF. The van der Waals surface area contributed by atoms with Crippen LogP contribution >= 0.6 is 23.1 Å². The number of aliphatic hydroxyl groups excluding tert-OH is 1. The van der Waals surface area contributed by atoms with Gasteiger partial charge in [0.05, 0.1) is 28.2 Å². The fraction of sp³-hybridized carbons (Fsp3) is 0.478. The number of aliphatic imine (C=N–C) groups is 1. The predicted molar refractivity (Wildman–Crippen MR) is 138 cm³/mol. The Labute approximate surface area is 208 Å². The highest BCUT2D eigenvalue weighted by atomic mass is 32.2. The molecule has 0 bridgehead atoms. The average molecular weight is 510 g/mol. The Morgan fingerprint density at radius 2 is 2.29 bits per heavy atom. The summed E-state index contributed by atoms with van der Waals surface area (Å²) in [6.07, 6.45) is 4.95. The Bertz CT molecular complexity index is 935. The van der Waals surface area contributed by atoms with Gasteiger partial charge in [0.25, 0.3) is 0 Å². The molecule has 34 heavy (non-hydrogen) atoms. The van der Waals surface area contributed by atoms with Crippen molar-refractivity contribution in [2.45, 2.75) is 52.2 Å². The third-order valence-corrected chi connectivity index (χ3v) is 7.13. The van der Waals surface area contributed by atoms with E-state index in [-0.39, 0.29) is 12.6 Å². The number of aromatic nitrogens is 2. The molecule has 3 rings (SSSR count). The Morgan fingerprint density at radius 3 is 2.88 bits per heavy atom. The van der Waals surface area contributed by atoms with Crippen molar-refractivity contribution in [3.63, 3.8) is 0 Å². The van der Waals surface area contributed by atoms with Crippen LogP contribution in [0.2, 0.25) is 0 Å². The summed E-state index contributed by atoms with van der Waals surface area (Å²) in [6.45, 7) is 10.0. The maximum atomic E-state index is 11.4. The lowest BCUT2D eigenvalue weighted by Crippen LogP contribution is -2.40. The van der Waals surface area contributed by atoms with Gasteiger partial charge in [0.15, 0.2) is 0 Å². The molecule has 2 N–H and O–H groups in total. The van der Waals surface area contributed by atoms with Gasteiger partial charge in [-0.25, -0.2) is 9.97 Å². The lowest BCUT2D eigenvalue weighted by Gasteiger charge is -2.31. The lowest BCUT2D eigenvalue weighted by molar-refractivity contribution is -0.156. The van der Waals surface area contributed by atoms with Gasteiger partial charge in [-0.05, 0) is 68.3 Å². The third-order valence-electron chi connectivity index (χ3n) is 5.08. The highest BCUT2D eigenvalue weighted by Gasteiger charge is 2.20. The minimum Gasteiger partial charge on any atom is -0.386 e. The van der Waals surface area contributed by atoms with Gasteiger partial charge in [0, 0.05) is 12.7 Å². The Balaban J connectivity index is 0.000000310. The van der Waals surface area contributed by atoms with Crippen LogP contribution in [-0.4, -0.2) is 58.2 Å². The number of nitrogens with zero attached hydrogens (tertiary/aromatic N) is 4. The van der Waals surface area contributed by atoms with Crippen molar-refractivity contribution in [3.8, 4) is 0 Å². The van der Waals surface area contributed by atoms with Crippen molar-refractivity contribution in [1.29, 1.82) is 0 Å². The maximum Gasteiger partial charge on any atom is 0.210 e. The van der Waals surface area contributed by atoms with Crippen molar-refractivity contribution in [2.75, 3.05) is 24.3 Å².